The van der Waals surface area contributed by atoms with Gasteiger partial charge in [-0.1, -0.05) is 75.9 Å². The van der Waals surface area contributed by atoms with Gasteiger partial charge in [-0.15, -0.1) is 0 Å². The molecule has 0 N–H and O–H groups in total. The van der Waals surface area contributed by atoms with E-state index in [2.05, 4.69) is 75.9 Å². The number of hydrogen-bond donors (Lipinski definition) is 0. The third-order valence-corrected chi connectivity index (χ3v) is 3.39. The minimum Gasteiger partial charge on any atom is -0.0712 e. The van der Waals surface area contributed by atoms with Crippen molar-refractivity contribution >= 4 is 63.7 Å². The van der Waals surface area contributed by atoms with Crippen LogP contribution in [0.25, 0.3) is 0 Å². The Morgan fingerprint density at radius 1 is 1.00 bits per heavy atom. The number of hydrogen-bond acceptors (Lipinski definition) is 0. The van der Waals surface area contributed by atoms with E-state index in [0.717, 1.165) is 5.56 Å². The third-order valence-electron chi connectivity index (χ3n) is 1.35. The lowest BCUT2D eigenvalue weighted by atomic mass is 10.2. The Balaban J connectivity index is 2.86. The zero-order valence-corrected chi connectivity index (χ0v) is 12.2. The summed E-state index contributed by atoms with van der Waals surface area (Å²) >= 11 is 13.6. The minimum absolute atomic E-state index is 0.183. The molecule has 1 aromatic rings. The van der Waals surface area contributed by atoms with Crippen LogP contribution in [0.15, 0.2) is 18.2 Å². The summed E-state index contributed by atoms with van der Waals surface area (Å²) in [7, 11) is 0. The predicted octanol–water partition coefficient (Wildman–Crippen LogP) is 5.06. The Bertz CT molecular complexity index is 213. The molecule has 0 aromatic heterocycles. The van der Waals surface area contributed by atoms with E-state index in [4.69, 9.17) is 0 Å². The average Bonchev–Trinajstić information content (AvgIpc) is 2.04. The van der Waals surface area contributed by atoms with Gasteiger partial charge in [0.1, 0.15) is 0 Å². The van der Waals surface area contributed by atoms with E-state index in [-0.39, 0.29) is 7.47 Å². The van der Waals surface area contributed by atoms with Crippen LogP contribution < -0.4 is 0 Å². The molecule has 0 atom stereocenters. The van der Waals surface area contributed by atoms with Crippen molar-refractivity contribution in [1.82, 2.24) is 0 Å². The van der Waals surface area contributed by atoms with Crippen LogP contribution in [0.5, 0.6) is 0 Å². The highest BCUT2D eigenvalue weighted by molar-refractivity contribution is 9.24. The average molecular weight is 421 g/mol. The zero-order valence-electron chi connectivity index (χ0n) is 5.90. The van der Waals surface area contributed by atoms with Crippen molar-refractivity contribution in [3.63, 3.8) is 0 Å². The van der Waals surface area contributed by atoms with Crippen LogP contribution in [0.1, 0.15) is 18.6 Å². The number of halogens is 4. The SMILES string of the molecule is BrC(Br)c1[c]cc(C(Br)Br)cc1. The predicted molar refractivity (Wildman–Crippen MR) is 66.5 cm³/mol. The Kier molecular flexibility index (Phi) is 4.79. The molecule has 0 spiro atoms. The highest BCUT2D eigenvalue weighted by Crippen LogP contribution is 2.32. The summed E-state index contributed by atoms with van der Waals surface area (Å²) in [5, 5.41) is 0. The fourth-order valence-electron chi connectivity index (χ4n) is 0.720. The molecule has 4 heteroatoms. The molecule has 0 fully saturated rings. The van der Waals surface area contributed by atoms with Crippen molar-refractivity contribution in [2.45, 2.75) is 7.47 Å². The Labute approximate surface area is 106 Å². The van der Waals surface area contributed by atoms with Crippen molar-refractivity contribution in [3.05, 3.63) is 35.4 Å². The van der Waals surface area contributed by atoms with E-state index < -0.39 is 0 Å². The monoisotopic (exact) mass is 417 g/mol. The molecular weight excluding hydrogens is 416 g/mol. The molecule has 0 aliphatic rings. The minimum atomic E-state index is 0.183. The fraction of sp³-hybridized carbons (Fsp3) is 0.250. The molecule has 0 bridgehead atoms. The van der Waals surface area contributed by atoms with Gasteiger partial charge in [0, 0.05) is 0 Å². The van der Waals surface area contributed by atoms with Gasteiger partial charge in [0.2, 0.25) is 0 Å². The fourth-order valence-corrected chi connectivity index (χ4v) is 1.86. The molecule has 0 saturated heterocycles. The van der Waals surface area contributed by atoms with Crippen molar-refractivity contribution < 1.29 is 0 Å². The molecule has 1 rings (SSSR count). The van der Waals surface area contributed by atoms with Gasteiger partial charge in [0.05, 0.1) is 7.47 Å². The van der Waals surface area contributed by atoms with Crippen LogP contribution >= 0.6 is 63.7 Å². The van der Waals surface area contributed by atoms with Crippen LogP contribution in [0.3, 0.4) is 0 Å². The molecule has 12 heavy (non-hydrogen) atoms. The molecular formula is C8H5Br4. The second-order valence-electron chi connectivity index (χ2n) is 2.18. The van der Waals surface area contributed by atoms with Crippen molar-refractivity contribution in [3.8, 4) is 0 Å². The number of benzene rings is 1. The standard InChI is InChI=1S/C8H5Br4/c9-7(10)5-1-2-6(4-3-5)8(11)12/h1-3,7-8H. The summed E-state index contributed by atoms with van der Waals surface area (Å²) in [6, 6.07) is 9.20. The van der Waals surface area contributed by atoms with Gasteiger partial charge in [-0.2, -0.15) is 0 Å². The van der Waals surface area contributed by atoms with E-state index in [1.807, 2.05) is 12.1 Å². The van der Waals surface area contributed by atoms with Crippen molar-refractivity contribution in [2.75, 3.05) is 0 Å². The van der Waals surface area contributed by atoms with E-state index in [1.54, 1.807) is 0 Å². The van der Waals surface area contributed by atoms with Crippen LogP contribution in [-0.4, -0.2) is 0 Å². The zero-order chi connectivity index (χ0) is 9.14. The Morgan fingerprint density at radius 3 is 2.00 bits per heavy atom. The number of rotatable bonds is 2. The Morgan fingerprint density at radius 2 is 1.67 bits per heavy atom. The van der Waals surface area contributed by atoms with Crippen molar-refractivity contribution in [2.24, 2.45) is 0 Å². The first-order valence-corrected chi connectivity index (χ1v) is 6.85. The van der Waals surface area contributed by atoms with E-state index in [0.29, 0.717) is 0 Å². The lowest BCUT2D eigenvalue weighted by molar-refractivity contribution is 1.34. The third kappa shape index (κ3) is 3.13. The van der Waals surface area contributed by atoms with Gasteiger partial charge in [0.15, 0.2) is 0 Å². The van der Waals surface area contributed by atoms with Gasteiger partial charge in [0.25, 0.3) is 0 Å². The molecule has 0 nitrogen and oxygen atoms in total. The van der Waals surface area contributed by atoms with E-state index in [1.165, 1.54) is 5.56 Å². The normalized spacial score (nSPS) is 11.2. The maximum atomic E-state index is 3.42. The molecule has 1 aromatic carbocycles. The molecule has 0 unspecified atom stereocenters. The first-order chi connectivity index (χ1) is 5.61. The van der Waals surface area contributed by atoms with Gasteiger partial charge in [-0.25, -0.2) is 0 Å². The molecule has 65 valence electrons. The first kappa shape index (κ1) is 11.2. The number of alkyl halides is 4. The molecule has 0 amide bonds. The first-order valence-electron chi connectivity index (χ1n) is 3.19. The highest BCUT2D eigenvalue weighted by Gasteiger charge is 2.05. The smallest absolute Gasteiger partial charge is 0.0712 e. The second kappa shape index (κ2) is 5.13. The summed E-state index contributed by atoms with van der Waals surface area (Å²) in [5.74, 6) is 0. The lowest BCUT2D eigenvalue weighted by Gasteiger charge is -2.04. The summed E-state index contributed by atoms with van der Waals surface area (Å²) in [4.78, 5) is 0. The highest BCUT2D eigenvalue weighted by atomic mass is 79.9. The second-order valence-corrected chi connectivity index (χ2v) is 8.30. The summed E-state index contributed by atoms with van der Waals surface area (Å²) in [5.41, 5.74) is 2.26. The van der Waals surface area contributed by atoms with Gasteiger partial charge < -0.3 is 0 Å². The van der Waals surface area contributed by atoms with Crippen LogP contribution in [0.2, 0.25) is 0 Å². The summed E-state index contributed by atoms with van der Waals surface area (Å²) < 4.78 is 0.391. The topological polar surface area (TPSA) is 0 Å². The van der Waals surface area contributed by atoms with Gasteiger partial charge in [-0.3, -0.25) is 0 Å². The summed E-state index contributed by atoms with van der Waals surface area (Å²) in [6.07, 6.45) is 0. The molecule has 0 heterocycles. The maximum Gasteiger partial charge on any atom is 0.0952 e. The Hall–Kier alpha value is 1.14. The van der Waals surface area contributed by atoms with Crippen LogP contribution in [-0.2, 0) is 0 Å². The van der Waals surface area contributed by atoms with Crippen LogP contribution in [0, 0.1) is 6.07 Å². The summed E-state index contributed by atoms with van der Waals surface area (Å²) in [6.45, 7) is 0. The van der Waals surface area contributed by atoms with E-state index >= 15 is 0 Å². The van der Waals surface area contributed by atoms with Crippen LogP contribution in [0.4, 0.5) is 0 Å². The largest absolute Gasteiger partial charge is 0.0952 e. The lowest BCUT2D eigenvalue weighted by Crippen LogP contribution is -1.84. The maximum absolute atomic E-state index is 3.42. The molecule has 0 saturated carbocycles. The molecule has 0 aliphatic carbocycles. The quantitative estimate of drug-likeness (QED) is 0.586. The van der Waals surface area contributed by atoms with E-state index in [9.17, 15) is 0 Å². The molecule has 0 aliphatic heterocycles. The van der Waals surface area contributed by atoms with Crippen molar-refractivity contribution in [1.29, 1.82) is 0 Å². The van der Waals surface area contributed by atoms with Gasteiger partial charge in [-0.05, 0) is 23.3 Å². The van der Waals surface area contributed by atoms with Gasteiger partial charge >= 0.3 is 0 Å². The molecule has 1 radical (unpaired) electrons.